The smallest absolute Gasteiger partial charge is 0.289 e. The Labute approximate surface area is 152 Å². The van der Waals surface area contributed by atoms with Crippen molar-refractivity contribution in [2.24, 2.45) is 4.99 Å². The standard InChI is InChI=1S/C18H25N5O3/c1-4-19-18(20-12-15-13(2)21-26-14(15)3)23-9-7-22(8-10-23)17(24)16-6-5-11-25-16/h5-6,11H,4,7-10,12H2,1-3H3,(H,19,20). The van der Waals surface area contributed by atoms with Gasteiger partial charge in [-0.25, -0.2) is 4.99 Å². The third-order valence-electron chi connectivity index (χ3n) is 4.50. The molecule has 0 unspecified atom stereocenters. The summed E-state index contributed by atoms with van der Waals surface area (Å²) in [5.74, 6) is 1.97. The maximum absolute atomic E-state index is 12.4. The fourth-order valence-electron chi connectivity index (χ4n) is 2.98. The maximum atomic E-state index is 12.4. The predicted molar refractivity (Wildman–Crippen MR) is 97.0 cm³/mol. The van der Waals surface area contributed by atoms with Crippen LogP contribution in [0, 0.1) is 13.8 Å². The zero-order valence-corrected chi connectivity index (χ0v) is 15.5. The van der Waals surface area contributed by atoms with Gasteiger partial charge in [0.15, 0.2) is 11.7 Å². The van der Waals surface area contributed by atoms with Gasteiger partial charge in [0.05, 0.1) is 18.5 Å². The van der Waals surface area contributed by atoms with Gasteiger partial charge in [0, 0.05) is 38.3 Å². The largest absolute Gasteiger partial charge is 0.459 e. The molecule has 0 spiro atoms. The average Bonchev–Trinajstić information content (AvgIpc) is 3.29. The summed E-state index contributed by atoms with van der Waals surface area (Å²) in [5, 5.41) is 7.30. The second-order valence-corrected chi connectivity index (χ2v) is 6.23. The summed E-state index contributed by atoms with van der Waals surface area (Å²) >= 11 is 0. The van der Waals surface area contributed by atoms with Crippen molar-refractivity contribution < 1.29 is 13.7 Å². The first-order chi connectivity index (χ1) is 12.6. The Hall–Kier alpha value is -2.77. The Kier molecular flexibility index (Phi) is 5.60. The highest BCUT2D eigenvalue weighted by atomic mass is 16.5. The van der Waals surface area contributed by atoms with E-state index < -0.39 is 0 Å². The fraction of sp³-hybridized carbons (Fsp3) is 0.500. The SMILES string of the molecule is CCNC(=NCc1c(C)noc1C)N1CCN(C(=O)c2ccco2)CC1. The van der Waals surface area contributed by atoms with Crippen LogP contribution in [0.1, 0.15) is 34.5 Å². The van der Waals surface area contributed by atoms with Gasteiger partial charge in [0.25, 0.3) is 5.91 Å². The van der Waals surface area contributed by atoms with Crippen molar-refractivity contribution in [1.82, 2.24) is 20.3 Å². The normalized spacial score (nSPS) is 15.4. The van der Waals surface area contributed by atoms with E-state index in [2.05, 4.69) is 15.4 Å². The fourth-order valence-corrected chi connectivity index (χ4v) is 2.98. The van der Waals surface area contributed by atoms with Crippen LogP contribution < -0.4 is 5.32 Å². The van der Waals surface area contributed by atoms with Crippen LogP contribution in [0.3, 0.4) is 0 Å². The molecule has 1 fully saturated rings. The highest BCUT2D eigenvalue weighted by molar-refractivity contribution is 5.91. The number of amides is 1. The number of carbonyl (C=O) groups is 1. The molecule has 3 rings (SSSR count). The molecule has 0 aromatic carbocycles. The van der Waals surface area contributed by atoms with Crippen LogP contribution in [0.15, 0.2) is 32.3 Å². The van der Waals surface area contributed by atoms with E-state index in [1.807, 2.05) is 25.7 Å². The number of aryl methyl sites for hydroxylation is 2. The summed E-state index contributed by atoms with van der Waals surface area (Å²) in [6.07, 6.45) is 1.52. The number of guanidine groups is 1. The lowest BCUT2D eigenvalue weighted by Crippen LogP contribution is -2.53. The van der Waals surface area contributed by atoms with E-state index in [0.717, 1.165) is 42.6 Å². The van der Waals surface area contributed by atoms with E-state index in [1.54, 1.807) is 12.1 Å². The van der Waals surface area contributed by atoms with E-state index >= 15 is 0 Å². The molecular weight excluding hydrogens is 334 g/mol. The molecule has 0 saturated carbocycles. The van der Waals surface area contributed by atoms with Crippen molar-refractivity contribution >= 4 is 11.9 Å². The van der Waals surface area contributed by atoms with E-state index in [0.29, 0.717) is 25.4 Å². The second-order valence-electron chi connectivity index (χ2n) is 6.23. The van der Waals surface area contributed by atoms with Crippen LogP contribution in [-0.4, -0.2) is 59.5 Å². The van der Waals surface area contributed by atoms with Gasteiger partial charge in [-0.3, -0.25) is 4.79 Å². The van der Waals surface area contributed by atoms with Crippen molar-refractivity contribution in [1.29, 1.82) is 0 Å². The molecule has 0 atom stereocenters. The van der Waals surface area contributed by atoms with Crippen molar-refractivity contribution in [2.45, 2.75) is 27.3 Å². The molecule has 3 heterocycles. The van der Waals surface area contributed by atoms with E-state index in [1.165, 1.54) is 6.26 Å². The Balaban J connectivity index is 1.63. The van der Waals surface area contributed by atoms with Crippen LogP contribution in [0.4, 0.5) is 0 Å². The van der Waals surface area contributed by atoms with Gasteiger partial charge in [-0.1, -0.05) is 5.16 Å². The Morgan fingerprint density at radius 1 is 1.27 bits per heavy atom. The zero-order valence-electron chi connectivity index (χ0n) is 15.5. The lowest BCUT2D eigenvalue weighted by atomic mass is 10.2. The lowest BCUT2D eigenvalue weighted by molar-refractivity contribution is 0.0657. The van der Waals surface area contributed by atoms with Crippen molar-refractivity contribution in [3.63, 3.8) is 0 Å². The average molecular weight is 359 g/mol. The number of hydrogen-bond acceptors (Lipinski definition) is 5. The summed E-state index contributed by atoms with van der Waals surface area (Å²) in [6.45, 7) is 9.89. The van der Waals surface area contributed by atoms with Crippen LogP contribution in [0.5, 0.6) is 0 Å². The Morgan fingerprint density at radius 3 is 2.58 bits per heavy atom. The molecule has 1 aliphatic rings. The number of piperazine rings is 1. The van der Waals surface area contributed by atoms with E-state index in [-0.39, 0.29) is 5.91 Å². The summed E-state index contributed by atoms with van der Waals surface area (Å²) in [5.41, 5.74) is 1.89. The number of carbonyl (C=O) groups excluding carboxylic acids is 1. The summed E-state index contributed by atoms with van der Waals surface area (Å²) < 4.78 is 10.4. The molecular formula is C18H25N5O3. The van der Waals surface area contributed by atoms with Gasteiger partial charge in [-0.2, -0.15) is 0 Å². The van der Waals surface area contributed by atoms with Crippen molar-refractivity contribution in [2.75, 3.05) is 32.7 Å². The molecule has 1 amide bonds. The minimum atomic E-state index is -0.0627. The first-order valence-electron chi connectivity index (χ1n) is 8.88. The molecule has 1 saturated heterocycles. The number of nitrogens with zero attached hydrogens (tertiary/aromatic N) is 4. The Bertz CT molecular complexity index is 738. The number of hydrogen-bond donors (Lipinski definition) is 1. The number of rotatable bonds is 4. The van der Waals surface area contributed by atoms with Gasteiger partial charge in [0.1, 0.15) is 5.76 Å². The van der Waals surface area contributed by atoms with Crippen LogP contribution in [0.2, 0.25) is 0 Å². The van der Waals surface area contributed by atoms with E-state index in [4.69, 9.17) is 13.9 Å². The first kappa shape index (κ1) is 18.0. The topological polar surface area (TPSA) is 87.1 Å². The molecule has 1 N–H and O–H groups in total. The van der Waals surface area contributed by atoms with E-state index in [9.17, 15) is 4.79 Å². The third kappa shape index (κ3) is 3.89. The summed E-state index contributed by atoms with van der Waals surface area (Å²) in [7, 11) is 0. The minimum Gasteiger partial charge on any atom is -0.459 e. The van der Waals surface area contributed by atoms with Crippen LogP contribution >= 0.6 is 0 Å². The van der Waals surface area contributed by atoms with Gasteiger partial charge in [-0.15, -0.1) is 0 Å². The first-order valence-corrected chi connectivity index (χ1v) is 8.88. The highest BCUT2D eigenvalue weighted by Gasteiger charge is 2.25. The molecule has 2 aromatic rings. The maximum Gasteiger partial charge on any atom is 0.289 e. The monoisotopic (exact) mass is 359 g/mol. The number of aliphatic imine (C=N–C) groups is 1. The number of furan rings is 1. The van der Waals surface area contributed by atoms with Gasteiger partial charge >= 0.3 is 0 Å². The third-order valence-corrected chi connectivity index (χ3v) is 4.50. The minimum absolute atomic E-state index is 0.0627. The predicted octanol–water partition coefficient (Wildman–Crippen LogP) is 1.81. The van der Waals surface area contributed by atoms with Crippen molar-refractivity contribution in [3.05, 3.63) is 41.2 Å². The van der Waals surface area contributed by atoms with Crippen LogP contribution in [0.25, 0.3) is 0 Å². The molecule has 8 heteroatoms. The molecule has 140 valence electrons. The van der Waals surface area contributed by atoms with Crippen molar-refractivity contribution in [3.8, 4) is 0 Å². The molecule has 26 heavy (non-hydrogen) atoms. The van der Waals surface area contributed by atoms with Gasteiger partial charge < -0.3 is 24.1 Å². The quantitative estimate of drug-likeness (QED) is 0.662. The molecule has 1 aliphatic heterocycles. The Morgan fingerprint density at radius 2 is 2.00 bits per heavy atom. The molecule has 0 bridgehead atoms. The summed E-state index contributed by atoms with van der Waals surface area (Å²) in [4.78, 5) is 21.1. The molecule has 0 radical (unpaired) electrons. The van der Waals surface area contributed by atoms with Gasteiger partial charge in [0.2, 0.25) is 0 Å². The second kappa shape index (κ2) is 8.07. The lowest BCUT2D eigenvalue weighted by Gasteiger charge is -2.36. The van der Waals surface area contributed by atoms with Gasteiger partial charge in [-0.05, 0) is 32.9 Å². The van der Waals surface area contributed by atoms with Crippen LogP contribution in [-0.2, 0) is 6.54 Å². The summed E-state index contributed by atoms with van der Waals surface area (Å²) in [6, 6.07) is 3.43. The molecule has 0 aliphatic carbocycles. The zero-order chi connectivity index (χ0) is 18.5. The molecule has 2 aromatic heterocycles. The molecule has 8 nitrogen and oxygen atoms in total. The number of nitrogens with one attached hydrogen (secondary N) is 1. The number of aromatic nitrogens is 1. The highest BCUT2D eigenvalue weighted by Crippen LogP contribution is 2.14.